The van der Waals surface area contributed by atoms with Crippen molar-refractivity contribution < 1.29 is 19.1 Å². The number of hydrogen-bond donors (Lipinski definition) is 0. The van der Waals surface area contributed by atoms with Gasteiger partial charge in [0.05, 0.1) is 5.02 Å². The molecular formula is C27H14BrCl2NO4S. The molecule has 0 radical (unpaired) electrons. The van der Waals surface area contributed by atoms with Gasteiger partial charge >= 0.3 is 11.9 Å². The number of rotatable bonds is 5. The zero-order valence-corrected chi connectivity index (χ0v) is 22.1. The number of nitrogens with zero attached hydrogens (tertiary/aromatic N) is 1. The summed E-state index contributed by atoms with van der Waals surface area (Å²) in [6.45, 7) is 0. The molecule has 4 aromatic rings. The predicted molar refractivity (Wildman–Crippen MR) is 148 cm³/mol. The number of carbonyl (C=O) groups is 2. The number of ether oxygens (including phenoxy) is 2. The van der Waals surface area contributed by atoms with Crippen LogP contribution in [0.15, 0.2) is 88.0 Å². The quantitative estimate of drug-likeness (QED) is 0.133. The zero-order valence-electron chi connectivity index (χ0n) is 18.2. The summed E-state index contributed by atoms with van der Waals surface area (Å²) in [7, 11) is 0. The molecular weight excluding hydrogens is 585 g/mol. The third-order valence-corrected chi connectivity index (χ3v) is 7.47. The lowest BCUT2D eigenvalue weighted by Crippen LogP contribution is -2.06. The minimum absolute atomic E-state index is 0.0479. The van der Waals surface area contributed by atoms with E-state index in [9.17, 15) is 9.59 Å². The van der Waals surface area contributed by atoms with E-state index < -0.39 is 11.9 Å². The molecule has 178 valence electrons. The van der Waals surface area contributed by atoms with Crippen molar-refractivity contribution in [2.75, 3.05) is 0 Å². The van der Waals surface area contributed by atoms with Crippen LogP contribution in [0.1, 0.15) is 16.0 Å². The smallest absolute Gasteiger partial charge is 0.363 e. The molecule has 0 spiro atoms. The first-order chi connectivity index (χ1) is 17.4. The van der Waals surface area contributed by atoms with E-state index >= 15 is 0 Å². The maximum atomic E-state index is 12.6. The van der Waals surface area contributed by atoms with Crippen molar-refractivity contribution in [3.63, 3.8) is 0 Å². The minimum Gasteiger partial charge on any atom is -0.423 e. The molecule has 0 N–H and O–H groups in total. The SMILES string of the molecule is O=C(/C=C/c1ccccc1)Oc1ccc(Br)cc1/C=C1/N=C(c2sc3cc(Cl)ccc3c2Cl)OC1=O. The molecule has 5 rings (SSSR count). The Labute approximate surface area is 228 Å². The highest BCUT2D eigenvalue weighted by Gasteiger charge is 2.28. The minimum atomic E-state index is -0.641. The van der Waals surface area contributed by atoms with Crippen LogP contribution < -0.4 is 4.74 Å². The average molecular weight is 599 g/mol. The van der Waals surface area contributed by atoms with E-state index in [0.29, 0.717) is 20.5 Å². The number of carbonyl (C=O) groups excluding carboxylic acids is 2. The molecule has 36 heavy (non-hydrogen) atoms. The molecule has 0 fully saturated rings. The fraction of sp³-hybridized carbons (Fsp3) is 0. The largest absolute Gasteiger partial charge is 0.423 e. The molecule has 0 amide bonds. The molecule has 1 aliphatic heterocycles. The number of benzene rings is 3. The number of thiophene rings is 1. The van der Waals surface area contributed by atoms with Crippen LogP contribution in [0.5, 0.6) is 5.75 Å². The molecule has 9 heteroatoms. The first-order valence-corrected chi connectivity index (χ1v) is 12.9. The van der Waals surface area contributed by atoms with Gasteiger partial charge in [-0.1, -0.05) is 75.5 Å². The van der Waals surface area contributed by atoms with Gasteiger partial charge in [-0.15, -0.1) is 11.3 Å². The Morgan fingerprint density at radius 1 is 1.06 bits per heavy atom. The lowest BCUT2D eigenvalue weighted by molar-refractivity contribution is -0.130. The molecule has 2 heterocycles. The summed E-state index contributed by atoms with van der Waals surface area (Å²) < 4.78 is 12.5. The molecule has 0 aliphatic carbocycles. The highest BCUT2D eigenvalue weighted by molar-refractivity contribution is 9.10. The van der Waals surface area contributed by atoms with Crippen LogP contribution in [-0.2, 0) is 14.3 Å². The summed E-state index contributed by atoms with van der Waals surface area (Å²) in [6, 6.07) is 19.8. The van der Waals surface area contributed by atoms with Crippen LogP contribution in [0, 0.1) is 0 Å². The molecule has 1 aromatic heterocycles. The molecule has 0 saturated carbocycles. The molecule has 0 saturated heterocycles. The molecule has 0 bridgehead atoms. The Kier molecular flexibility index (Phi) is 7.07. The third-order valence-electron chi connectivity index (χ3n) is 5.09. The zero-order chi connectivity index (χ0) is 25.2. The van der Waals surface area contributed by atoms with Gasteiger partial charge in [0.2, 0.25) is 5.90 Å². The first kappa shape index (κ1) is 24.5. The van der Waals surface area contributed by atoms with Crippen molar-refractivity contribution in [1.82, 2.24) is 0 Å². The summed E-state index contributed by atoms with van der Waals surface area (Å²) in [6.07, 6.45) is 4.50. The lowest BCUT2D eigenvalue weighted by atomic mass is 10.1. The van der Waals surface area contributed by atoms with Crippen molar-refractivity contribution >= 4 is 90.5 Å². The topological polar surface area (TPSA) is 65.0 Å². The van der Waals surface area contributed by atoms with Crippen LogP contribution in [-0.4, -0.2) is 17.8 Å². The van der Waals surface area contributed by atoms with E-state index in [-0.39, 0.29) is 17.3 Å². The Hall–Kier alpha value is -3.23. The van der Waals surface area contributed by atoms with Crippen LogP contribution >= 0.6 is 50.5 Å². The molecule has 3 aromatic carbocycles. The van der Waals surface area contributed by atoms with Crippen molar-refractivity contribution in [2.45, 2.75) is 0 Å². The van der Waals surface area contributed by atoms with E-state index in [2.05, 4.69) is 20.9 Å². The van der Waals surface area contributed by atoms with E-state index in [4.69, 9.17) is 32.7 Å². The second kappa shape index (κ2) is 10.4. The van der Waals surface area contributed by atoms with Crippen LogP contribution in [0.3, 0.4) is 0 Å². The van der Waals surface area contributed by atoms with Gasteiger partial charge in [-0.05, 0) is 48.0 Å². The Bertz CT molecular complexity index is 1610. The second-order valence-corrected chi connectivity index (χ2v) is 10.4. The van der Waals surface area contributed by atoms with Crippen LogP contribution in [0.4, 0.5) is 0 Å². The second-order valence-electron chi connectivity index (χ2n) is 7.57. The van der Waals surface area contributed by atoms with Gasteiger partial charge < -0.3 is 9.47 Å². The number of esters is 2. The van der Waals surface area contributed by atoms with Crippen molar-refractivity contribution in [3.05, 3.63) is 109 Å². The molecule has 5 nitrogen and oxygen atoms in total. The Morgan fingerprint density at radius 2 is 1.86 bits per heavy atom. The highest BCUT2D eigenvalue weighted by atomic mass is 79.9. The summed E-state index contributed by atoms with van der Waals surface area (Å²) >= 11 is 17.4. The first-order valence-electron chi connectivity index (χ1n) is 10.5. The fourth-order valence-electron chi connectivity index (χ4n) is 3.43. The van der Waals surface area contributed by atoms with Crippen molar-refractivity contribution in [3.8, 4) is 5.75 Å². The van der Waals surface area contributed by atoms with E-state index in [1.165, 1.54) is 23.5 Å². The average Bonchev–Trinajstić information content (AvgIpc) is 3.38. The van der Waals surface area contributed by atoms with Gasteiger partial charge in [0, 0.05) is 31.2 Å². The Balaban J connectivity index is 1.44. The van der Waals surface area contributed by atoms with E-state index in [1.54, 1.807) is 36.4 Å². The molecule has 0 atom stereocenters. The number of hydrogen-bond acceptors (Lipinski definition) is 6. The maximum absolute atomic E-state index is 12.6. The lowest BCUT2D eigenvalue weighted by Gasteiger charge is -2.06. The van der Waals surface area contributed by atoms with Crippen molar-refractivity contribution in [2.24, 2.45) is 4.99 Å². The van der Waals surface area contributed by atoms with E-state index in [1.807, 2.05) is 36.4 Å². The summed E-state index contributed by atoms with van der Waals surface area (Å²) in [5.41, 5.74) is 1.38. The fourth-order valence-corrected chi connectivity index (χ4v) is 5.52. The van der Waals surface area contributed by atoms with Crippen molar-refractivity contribution in [1.29, 1.82) is 0 Å². The van der Waals surface area contributed by atoms with Gasteiger partial charge in [0.1, 0.15) is 10.6 Å². The maximum Gasteiger partial charge on any atom is 0.363 e. The standard InChI is InChI=1S/C27H14BrCl2NO4S/c28-17-7-10-21(34-23(32)11-6-15-4-2-1-3-5-15)16(12-17)13-20-27(33)35-26(31-20)25-24(30)19-9-8-18(29)14-22(19)36-25/h1-14H/b11-6+,20-13+. The third kappa shape index (κ3) is 5.29. The van der Waals surface area contributed by atoms with Gasteiger partial charge in [-0.3, -0.25) is 0 Å². The Morgan fingerprint density at radius 3 is 2.67 bits per heavy atom. The number of fused-ring (bicyclic) bond motifs is 1. The number of halogens is 3. The van der Waals surface area contributed by atoms with Gasteiger partial charge in [0.25, 0.3) is 0 Å². The van der Waals surface area contributed by atoms with Crippen LogP contribution in [0.2, 0.25) is 10.0 Å². The van der Waals surface area contributed by atoms with Crippen LogP contribution in [0.25, 0.3) is 22.2 Å². The predicted octanol–water partition coefficient (Wildman–Crippen LogP) is 7.93. The summed E-state index contributed by atoms with van der Waals surface area (Å²) in [5.74, 6) is -0.834. The van der Waals surface area contributed by atoms with E-state index in [0.717, 1.165) is 20.1 Å². The van der Waals surface area contributed by atoms with Gasteiger partial charge in [-0.2, -0.15) is 0 Å². The number of aliphatic imine (C=N–C) groups is 1. The number of cyclic esters (lactones) is 1. The van der Waals surface area contributed by atoms with Gasteiger partial charge in [0.15, 0.2) is 5.70 Å². The summed E-state index contributed by atoms with van der Waals surface area (Å²) in [5, 5.41) is 1.80. The summed E-state index contributed by atoms with van der Waals surface area (Å²) in [4.78, 5) is 29.9. The normalized spacial score (nSPS) is 14.5. The monoisotopic (exact) mass is 597 g/mol. The highest BCUT2D eigenvalue weighted by Crippen LogP contribution is 2.39. The molecule has 0 unspecified atom stereocenters. The molecule has 1 aliphatic rings. The van der Waals surface area contributed by atoms with Gasteiger partial charge in [-0.25, -0.2) is 14.6 Å².